The summed E-state index contributed by atoms with van der Waals surface area (Å²) in [5.41, 5.74) is 7.32. The van der Waals surface area contributed by atoms with Gasteiger partial charge >= 0.3 is 0 Å². The molecule has 0 radical (unpaired) electrons. The van der Waals surface area contributed by atoms with E-state index in [9.17, 15) is 9.59 Å². The molecule has 0 aromatic heterocycles. The van der Waals surface area contributed by atoms with Crippen LogP contribution in [0.1, 0.15) is 61.8 Å². The summed E-state index contributed by atoms with van der Waals surface area (Å²) in [5.74, 6) is 1.21. The highest BCUT2D eigenvalue weighted by molar-refractivity contribution is 6.30. The summed E-state index contributed by atoms with van der Waals surface area (Å²) in [6, 6.07) is 33.2. The number of rotatable bonds is 8. The van der Waals surface area contributed by atoms with Gasteiger partial charge in [-0.05, 0) is 72.5 Å². The highest BCUT2D eigenvalue weighted by Gasteiger charge is 2.38. The lowest BCUT2D eigenvalue weighted by Gasteiger charge is -2.35. The van der Waals surface area contributed by atoms with Crippen molar-refractivity contribution >= 4 is 46.4 Å². The molecule has 0 saturated carbocycles. The third-order valence-corrected chi connectivity index (χ3v) is 13.0. The molecule has 4 heterocycles. The van der Waals surface area contributed by atoms with Crippen LogP contribution in [-0.4, -0.2) is 109 Å². The van der Waals surface area contributed by atoms with E-state index < -0.39 is 0 Å². The van der Waals surface area contributed by atoms with Gasteiger partial charge in [0.15, 0.2) is 0 Å². The van der Waals surface area contributed by atoms with E-state index >= 15 is 0 Å². The van der Waals surface area contributed by atoms with Crippen molar-refractivity contribution in [3.8, 4) is 0 Å². The molecule has 4 aliphatic rings. The molecule has 2 saturated heterocycles. The van der Waals surface area contributed by atoms with Crippen molar-refractivity contribution in [1.29, 1.82) is 0 Å². The van der Waals surface area contributed by atoms with Crippen molar-refractivity contribution in [3.63, 3.8) is 0 Å². The maximum absolute atomic E-state index is 13.1. The minimum atomic E-state index is 0.218. The van der Waals surface area contributed by atoms with Crippen LogP contribution in [0, 0.1) is 0 Å². The fourth-order valence-corrected chi connectivity index (χ4v) is 9.01. The lowest BCUT2D eigenvalue weighted by Crippen LogP contribution is -2.50. The summed E-state index contributed by atoms with van der Waals surface area (Å²) in [6.07, 6.45) is 0. The molecule has 56 heavy (non-hydrogen) atoms. The second-order valence-corrected chi connectivity index (χ2v) is 16.9. The molecule has 4 atom stereocenters. The molecule has 2 fully saturated rings. The maximum atomic E-state index is 13.1. The molecule has 0 N–H and O–H groups in total. The Morgan fingerprint density at radius 3 is 1.16 bits per heavy atom. The average Bonchev–Trinajstić information content (AvgIpc) is 3.62. The van der Waals surface area contributed by atoms with Gasteiger partial charge in [-0.25, -0.2) is 0 Å². The number of benzene rings is 4. The molecule has 8 nitrogen and oxygen atoms in total. The first-order valence-electron chi connectivity index (χ1n) is 20.3. The van der Waals surface area contributed by atoms with Gasteiger partial charge in [0, 0.05) is 111 Å². The molecule has 296 valence electrons. The number of carbonyl (C=O) groups excluding carboxylic acids is 2. The van der Waals surface area contributed by atoms with Gasteiger partial charge in [-0.3, -0.25) is 29.2 Å². The first-order valence-corrected chi connectivity index (χ1v) is 21.0. The van der Waals surface area contributed by atoms with Gasteiger partial charge in [0.05, 0.1) is 13.1 Å². The quantitative estimate of drug-likeness (QED) is 0.180. The maximum Gasteiger partial charge on any atom is 0.241 e. The van der Waals surface area contributed by atoms with E-state index in [2.05, 4.69) is 108 Å². The first-order chi connectivity index (χ1) is 27.0. The van der Waals surface area contributed by atoms with E-state index in [1.807, 2.05) is 46.2 Å². The number of halogens is 2. The number of carbonyl (C=O) groups is 2. The molecule has 4 aliphatic heterocycles. The molecule has 2 amide bonds. The van der Waals surface area contributed by atoms with Crippen molar-refractivity contribution in [2.75, 3.05) is 75.2 Å². The van der Waals surface area contributed by atoms with Gasteiger partial charge in [-0.2, -0.15) is 0 Å². The van der Waals surface area contributed by atoms with E-state index in [-0.39, 0.29) is 23.9 Å². The molecule has 10 heteroatoms. The highest BCUT2D eigenvalue weighted by Crippen LogP contribution is 2.41. The van der Waals surface area contributed by atoms with Gasteiger partial charge < -0.3 is 9.80 Å². The summed E-state index contributed by atoms with van der Waals surface area (Å²) < 4.78 is 0. The van der Waals surface area contributed by atoms with Gasteiger partial charge in [0.2, 0.25) is 11.8 Å². The first kappa shape index (κ1) is 40.4. The summed E-state index contributed by atoms with van der Waals surface area (Å²) in [4.78, 5) is 39.7. The molecule has 0 unspecified atom stereocenters. The van der Waals surface area contributed by atoms with Gasteiger partial charge in [0.1, 0.15) is 0 Å². The Morgan fingerprint density at radius 1 is 0.482 bits per heavy atom. The molecule has 0 aliphatic carbocycles. The second kappa shape index (κ2) is 18.2. The van der Waals surface area contributed by atoms with E-state index in [1.54, 1.807) is 0 Å². The number of hydrogen-bond donors (Lipinski definition) is 0. The summed E-state index contributed by atoms with van der Waals surface area (Å²) in [5, 5.41) is 1.55. The van der Waals surface area contributed by atoms with Crippen LogP contribution >= 0.6 is 23.2 Å². The number of nitrogens with zero attached hydrogens (tertiary/aromatic N) is 6. The van der Waals surface area contributed by atoms with Crippen molar-refractivity contribution in [2.45, 2.75) is 64.7 Å². The Hall–Kier alpha value is -3.76. The number of amides is 2. The predicted octanol–water partition coefficient (Wildman–Crippen LogP) is 7.99. The van der Waals surface area contributed by atoms with E-state index in [4.69, 9.17) is 23.2 Å². The monoisotopic (exact) mass is 794 g/mol. The van der Waals surface area contributed by atoms with E-state index in [0.29, 0.717) is 24.9 Å². The molecule has 0 spiro atoms. The smallest absolute Gasteiger partial charge is 0.241 e. The summed E-state index contributed by atoms with van der Waals surface area (Å²) >= 11 is 11.9. The zero-order chi connectivity index (χ0) is 39.3. The molecular formula is C46H56Cl2N6O2. The second-order valence-electron chi connectivity index (χ2n) is 16.1. The predicted molar refractivity (Wildman–Crippen MR) is 230 cm³/mol. The minimum absolute atomic E-state index is 0.218. The third kappa shape index (κ3) is 9.33. The molecule has 8 rings (SSSR count). The zero-order valence-corrected chi connectivity index (χ0v) is 34.8. The van der Waals surface area contributed by atoms with Crippen molar-refractivity contribution in [2.24, 2.45) is 0 Å². The van der Waals surface area contributed by atoms with Crippen molar-refractivity contribution in [3.05, 3.63) is 129 Å². The average molecular weight is 796 g/mol. The van der Waals surface area contributed by atoms with Crippen LogP contribution in [0.3, 0.4) is 0 Å². The zero-order valence-electron chi connectivity index (χ0n) is 33.3. The number of piperazine rings is 2. The molecule has 4 aromatic carbocycles. The third-order valence-electron chi connectivity index (χ3n) is 12.5. The van der Waals surface area contributed by atoms with Crippen LogP contribution in [0.2, 0.25) is 10.0 Å². The Balaban J connectivity index is 0.000000172. The number of hydrogen-bond acceptors (Lipinski definition) is 6. The fourth-order valence-electron chi connectivity index (χ4n) is 8.75. The summed E-state index contributed by atoms with van der Waals surface area (Å²) in [7, 11) is 0. The molecule has 0 bridgehead atoms. The van der Waals surface area contributed by atoms with Crippen LogP contribution < -0.4 is 9.80 Å². The Bertz CT molecular complexity index is 1800. The van der Waals surface area contributed by atoms with Gasteiger partial charge in [0.25, 0.3) is 0 Å². The van der Waals surface area contributed by atoms with E-state index in [0.717, 1.165) is 86.9 Å². The van der Waals surface area contributed by atoms with Gasteiger partial charge in [-0.15, -0.1) is 0 Å². The molecular weight excluding hydrogens is 739 g/mol. The lowest BCUT2D eigenvalue weighted by atomic mass is 9.98. The Morgan fingerprint density at radius 2 is 0.804 bits per heavy atom. The van der Waals surface area contributed by atoms with Crippen molar-refractivity contribution < 1.29 is 9.59 Å². The van der Waals surface area contributed by atoms with Gasteiger partial charge in [-0.1, -0.05) is 97.7 Å². The number of fused-ring (bicyclic) bond motifs is 2. The van der Waals surface area contributed by atoms with Crippen LogP contribution in [0.5, 0.6) is 0 Å². The standard InChI is InChI=1S/2C23H28ClN3O/c2*1-17-18(2)27(22-6-4-3-5-21(17)22)23(28)16-26-13-11-25(12-14-26)15-19-7-9-20(24)10-8-19/h2*3-10,17-18H,11-16H2,1-2H3/t2*17-,18+/m10/s1. The Labute approximate surface area is 343 Å². The SMILES string of the molecule is C[C@@H]1c2ccccc2N(C(=O)CN2CCN(Cc3ccc(Cl)cc3)CC2)[C@@H]1C.C[C@H]1c2ccccc2N(C(=O)CN2CCN(Cc3ccc(Cl)cc3)CC2)[C@H]1C. The molecule has 4 aromatic rings. The van der Waals surface area contributed by atoms with Crippen LogP contribution in [0.25, 0.3) is 0 Å². The largest absolute Gasteiger partial charge is 0.308 e. The van der Waals surface area contributed by atoms with E-state index in [1.165, 1.54) is 22.3 Å². The normalized spacial score (nSPS) is 23.0. The topological polar surface area (TPSA) is 53.6 Å². The fraction of sp³-hybridized carbons (Fsp3) is 0.435. The number of anilines is 2. The van der Waals surface area contributed by atoms with Crippen LogP contribution in [-0.2, 0) is 22.7 Å². The summed E-state index contributed by atoms with van der Waals surface area (Å²) in [6.45, 7) is 19.3. The van der Waals surface area contributed by atoms with Crippen LogP contribution in [0.4, 0.5) is 11.4 Å². The lowest BCUT2D eigenvalue weighted by molar-refractivity contribution is -0.121. The van der Waals surface area contributed by atoms with Crippen molar-refractivity contribution in [1.82, 2.24) is 19.6 Å². The Kier molecular flexibility index (Phi) is 13.2. The highest BCUT2D eigenvalue weighted by atomic mass is 35.5. The van der Waals surface area contributed by atoms with Crippen LogP contribution in [0.15, 0.2) is 97.1 Å². The number of para-hydroxylation sites is 2. The minimum Gasteiger partial charge on any atom is -0.308 e.